The maximum absolute atomic E-state index is 12.4. The van der Waals surface area contributed by atoms with Gasteiger partial charge in [-0.2, -0.15) is 0 Å². The summed E-state index contributed by atoms with van der Waals surface area (Å²) in [6, 6.07) is 2.96. The van der Waals surface area contributed by atoms with Gasteiger partial charge in [-0.05, 0) is 45.0 Å². The van der Waals surface area contributed by atoms with Crippen LogP contribution in [0.4, 0.5) is 11.4 Å². The van der Waals surface area contributed by atoms with E-state index in [2.05, 4.69) is 10.2 Å². The van der Waals surface area contributed by atoms with E-state index in [4.69, 9.17) is 28.9 Å². The number of nitrogen functional groups attached to an aromatic ring is 1. The van der Waals surface area contributed by atoms with Gasteiger partial charge in [0.2, 0.25) is 5.91 Å². The third kappa shape index (κ3) is 4.25. The number of carbonyl (C=O) groups is 1. The van der Waals surface area contributed by atoms with Crippen LogP contribution in [0.2, 0.25) is 10.0 Å². The lowest BCUT2D eigenvalue weighted by Crippen LogP contribution is -2.42. The second-order valence-corrected chi connectivity index (χ2v) is 6.29. The van der Waals surface area contributed by atoms with Gasteiger partial charge in [0.25, 0.3) is 0 Å². The normalized spacial score (nSPS) is 18.0. The van der Waals surface area contributed by atoms with Gasteiger partial charge in [0, 0.05) is 5.69 Å². The Morgan fingerprint density at radius 2 is 1.71 bits per heavy atom. The number of halogens is 2. The lowest BCUT2D eigenvalue weighted by molar-refractivity contribution is -0.120. The van der Waals surface area contributed by atoms with Crippen molar-refractivity contribution in [3.05, 3.63) is 22.2 Å². The zero-order valence-electron chi connectivity index (χ0n) is 12.2. The largest absolute Gasteiger partial charge is 0.399 e. The van der Waals surface area contributed by atoms with Crippen LogP contribution in [0.3, 0.4) is 0 Å². The number of nitrogens with two attached hydrogens (primary N) is 1. The lowest BCUT2D eigenvalue weighted by atomic mass is 10.2. The van der Waals surface area contributed by atoms with E-state index in [0.717, 1.165) is 25.9 Å². The minimum absolute atomic E-state index is 0.0922. The summed E-state index contributed by atoms with van der Waals surface area (Å²) in [6.45, 7) is 3.83. The number of hydrogen-bond donors (Lipinski definition) is 2. The van der Waals surface area contributed by atoms with Crippen molar-refractivity contribution in [2.45, 2.75) is 38.6 Å². The molecule has 0 saturated carbocycles. The average molecular weight is 330 g/mol. The second-order valence-electron chi connectivity index (χ2n) is 5.47. The topological polar surface area (TPSA) is 58.4 Å². The van der Waals surface area contributed by atoms with E-state index >= 15 is 0 Å². The molecule has 2 rings (SSSR count). The highest BCUT2D eigenvalue weighted by atomic mass is 35.5. The molecule has 0 aromatic heterocycles. The van der Waals surface area contributed by atoms with Crippen LogP contribution in [0.1, 0.15) is 32.6 Å². The quantitative estimate of drug-likeness (QED) is 0.829. The number of carbonyl (C=O) groups excluding carboxylic acids is 1. The molecule has 0 aliphatic carbocycles. The van der Waals surface area contributed by atoms with Gasteiger partial charge in [-0.15, -0.1) is 0 Å². The molecule has 1 heterocycles. The van der Waals surface area contributed by atoms with Crippen molar-refractivity contribution < 1.29 is 4.79 Å². The van der Waals surface area contributed by atoms with Crippen LogP contribution in [0.5, 0.6) is 0 Å². The number of amides is 1. The van der Waals surface area contributed by atoms with Crippen molar-refractivity contribution in [3.8, 4) is 0 Å². The highest BCUT2D eigenvalue weighted by molar-refractivity contribution is 6.40. The molecule has 0 bridgehead atoms. The summed E-state index contributed by atoms with van der Waals surface area (Å²) >= 11 is 12.2. The highest BCUT2D eigenvalue weighted by Crippen LogP contribution is 2.33. The molecule has 116 valence electrons. The van der Waals surface area contributed by atoms with Crippen LogP contribution in [0.15, 0.2) is 12.1 Å². The SMILES string of the molecule is CC(C(=O)Nc1c(Cl)cc(N)cc1Cl)N1CCCCCC1. The van der Waals surface area contributed by atoms with Crippen molar-refractivity contribution in [2.75, 3.05) is 24.1 Å². The molecule has 21 heavy (non-hydrogen) atoms. The molecule has 1 saturated heterocycles. The van der Waals surface area contributed by atoms with Gasteiger partial charge in [-0.25, -0.2) is 0 Å². The number of anilines is 2. The van der Waals surface area contributed by atoms with E-state index in [1.807, 2.05) is 6.92 Å². The first kappa shape index (κ1) is 16.4. The van der Waals surface area contributed by atoms with Crippen LogP contribution >= 0.6 is 23.2 Å². The Morgan fingerprint density at radius 3 is 2.24 bits per heavy atom. The summed E-state index contributed by atoms with van der Waals surface area (Å²) in [5, 5.41) is 3.54. The maximum Gasteiger partial charge on any atom is 0.241 e. The summed E-state index contributed by atoms with van der Waals surface area (Å²) in [5.74, 6) is -0.0922. The van der Waals surface area contributed by atoms with Gasteiger partial charge in [0.05, 0.1) is 21.8 Å². The van der Waals surface area contributed by atoms with Gasteiger partial charge in [0.1, 0.15) is 0 Å². The van der Waals surface area contributed by atoms with Crippen molar-refractivity contribution in [1.82, 2.24) is 4.90 Å². The Labute approximate surface area is 135 Å². The molecule has 4 nitrogen and oxygen atoms in total. The Balaban J connectivity index is 2.06. The fourth-order valence-electron chi connectivity index (χ4n) is 2.59. The number of likely N-dealkylation sites (tertiary alicyclic amines) is 1. The Bertz CT molecular complexity index is 491. The molecule has 1 aromatic carbocycles. The zero-order chi connectivity index (χ0) is 15.4. The molecule has 1 atom stereocenters. The minimum atomic E-state index is -0.201. The van der Waals surface area contributed by atoms with Gasteiger partial charge < -0.3 is 11.1 Å². The number of nitrogens with one attached hydrogen (secondary N) is 1. The zero-order valence-corrected chi connectivity index (χ0v) is 13.7. The molecule has 0 spiro atoms. The van der Waals surface area contributed by atoms with Gasteiger partial charge in [0.15, 0.2) is 0 Å². The molecular formula is C15H21Cl2N3O. The minimum Gasteiger partial charge on any atom is -0.399 e. The molecule has 6 heteroatoms. The number of hydrogen-bond acceptors (Lipinski definition) is 3. The summed E-state index contributed by atoms with van der Waals surface area (Å²) in [5.41, 5.74) is 6.57. The molecule has 3 N–H and O–H groups in total. The van der Waals surface area contributed by atoms with Crippen LogP contribution < -0.4 is 11.1 Å². The van der Waals surface area contributed by atoms with E-state index in [0.29, 0.717) is 21.4 Å². The van der Waals surface area contributed by atoms with Crippen LogP contribution in [0.25, 0.3) is 0 Å². The third-order valence-electron chi connectivity index (χ3n) is 3.88. The monoisotopic (exact) mass is 329 g/mol. The number of nitrogens with zero attached hydrogens (tertiary/aromatic N) is 1. The standard InChI is InChI=1S/C15H21Cl2N3O/c1-10(20-6-4-2-3-5-7-20)15(21)19-14-12(16)8-11(18)9-13(14)17/h8-10H,2-7,18H2,1H3,(H,19,21). The molecule has 1 unspecified atom stereocenters. The van der Waals surface area contributed by atoms with Crippen LogP contribution in [0, 0.1) is 0 Å². The Kier molecular flexibility index (Phi) is 5.73. The Morgan fingerprint density at radius 1 is 1.19 bits per heavy atom. The predicted octanol–water partition coefficient (Wildman–Crippen LogP) is 3.78. The third-order valence-corrected chi connectivity index (χ3v) is 4.48. The van der Waals surface area contributed by atoms with Crippen molar-refractivity contribution in [3.63, 3.8) is 0 Å². The van der Waals surface area contributed by atoms with Gasteiger partial charge >= 0.3 is 0 Å². The molecule has 0 radical (unpaired) electrons. The van der Waals surface area contributed by atoms with Crippen LogP contribution in [-0.4, -0.2) is 29.9 Å². The summed E-state index contributed by atoms with van der Waals surface area (Å²) < 4.78 is 0. The lowest BCUT2D eigenvalue weighted by Gasteiger charge is -2.26. The fourth-order valence-corrected chi connectivity index (χ4v) is 3.19. The van der Waals surface area contributed by atoms with Crippen molar-refractivity contribution >= 4 is 40.5 Å². The first-order chi connectivity index (χ1) is 9.99. The molecule has 1 aliphatic heterocycles. The van der Waals surface area contributed by atoms with E-state index in [-0.39, 0.29) is 11.9 Å². The van der Waals surface area contributed by atoms with E-state index in [1.165, 1.54) is 12.8 Å². The molecule has 1 aromatic rings. The summed E-state index contributed by atoms with van der Waals surface area (Å²) in [7, 11) is 0. The highest BCUT2D eigenvalue weighted by Gasteiger charge is 2.23. The van der Waals surface area contributed by atoms with Crippen LogP contribution in [-0.2, 0) is 4.79 Å². The van der Waals surface area contributed by atoms with Gasteiger partial charge in [-0.1, -0.05) is 36.0 Å². The number of rotatable bonds is 3. The van der Waals surface area contributed by atoms with Crippen molar-refractivity contribution in [1.29, 1.82) is 0 Å². The molecular weight excluding hydrogens is 309 g/mol. The molecule has 1 aliphatic rings. The maximum atomic E-state index is 12.4. The first-order valence-corrected chi connectivity index (χ1v) is 8.04. The van der Waals surface area contributed by atoms with E-state index in [9.17, 15) is 4.79 Å². The summed E-state index contributed by atoms with van der Waals surface area (Å²) in [6.07, 6.45) is 4.75. The number of benzene rings is 1. The van der Waals surface area contributed by atoms with E-state index < -0.39 is 0 Å². The molecule has 1 fully saturated rings. The van der Waals surface area contributed by atoms with E-state index in [1.54, 1.807) is 12.1 Å². The first-order valence-electron chi connectivity index (χ1n) is 7.28. The fraction of sp³-hybridized carbons (Fsp3) is 0.533. The van der Waals surface area contributed by atoms with Crippen molar-refractivity contribution in [2.24, 2.45) is 0 Å². The summed E-state index contributed by atoms with van der Waals surface area (Å²) in [4.78, 5) is 14.6. The smallest absolute Gasteiger partial charge is 0.241 e. The molecule has 1 amide bonds. The predicted molar refractivity (Wildman–Crippen MR) is 89.0 cm³/mol. The second kappa shape index (κ2) is 7.34. The Hall–Kier alpha value is -0.970. The average Bonchev–Trinajstić information content (AvgIpc) is 2.70. The van der Waals surface area contributed by atoms with Gasteiger partial charge in [-0.3, -0.25) is 9.69 Å².